The molecule has 0 saturated heterocycles. The fourth-order valence-corrected chi connectivity index (χ4v) is 3.31. The summed E-state index contributed by atoms with van der Waals surface area (Å²) in [6.45, 7) is 7.05. The monoisotopic (exact) mass is 452 g/mol. The molecule has 6 nitrogen and oxygen atoms in total. The van der Waals surface area contributed by atoms with Gasteiger partial charge in [0.25, 0.3) is 0 Å². The van der Waals surface area contributed by atoms with E-state index in [1.807, 2.05) is 42.5 Å². The highest BCUT2D eigenvalue weighted by atomic mass is 16.5. The predicted octanol–water partition coefficient (Wildman–Crippen LogP) is 6.36. The van der Waals surface area contributed by atoms with Gasteiger partial charge in [0.2, 0.25) is 0 Å². The molecular weight excluding hydrogens is 416 g/mol. The minimum absolute atomic E-state index is 0.132. The van der Waals surface area contributed by atoms with Crippen molar-refractivity contribution >= 4 is 23.8 Å². The smallest absolute Gasteiger partial charge is 0.331 e. The number of rotatable bonds is 12. The first kappa shape index (κ1) is 26.0. The number of carboxylic acid groups (broad SMARTS) is 1. The molecular formula is C27H36N2O4. The number of unbranched alkanes of at least 4 members (excludes halogenated alkanes) is 3. The maximum absolute atomic E-state index is 12.5. The molecule has 0 aromatic heterocycles. The third-order valence-corrected chi connectivity index (χ3v) is 5.39. The molecule has 2 amide bonds. The summed E-state index contributed by atoms with van der Waals surface area (Å²) < 4.78 is 6.07. The lowest BCUT2D eigenvalue weighted by molar-refractivity contribution is -0.132. The van der Waals surface area contributed by atoms with E-state index in [0.29, 0.717) is 18.9 Å². The van der Waals surface area contributed by atoms with Gasteiger partial charge in [-0.1, -0.05) is 57.4 Å². The van der Waals surface area contributed by atoms with Crippen LogP contribution in [0.5, 0.6) is 5.75 Å². The van der Waals surface area contributed by atoms with E-state index < -0.39 is 5.97 Å². The van der Waals surface area contributed by atoms with E-state index in [0.717, 1.165) is 54.5 Å². The first-order valence-corrected chi connectivity index (χ1v) is 11.7. The Morgan fingerprint density at radius 1 is 1.06 bits per heavy atom. The first-order valence-electron chi connectivity index (χ1n) is 11.7. The van der Waals surface area contributed by atoms with E-state index >= 15 is 0 Å². The summed E-state index contributed by atoms with van der Waals surface area (Å²) in [6, 6.07) is 13.3. The molecule has 33 heavy (non-hydrogen) atoms. The lowest BCUT2D eigenvalue weighted by Gasteiger charge is -2.20. The van der Waals surface area contributed by atoms with Gasteiger partial charge in [-0.3, -0.25) is 4.90 Å². The normalized spacial score (nSPS) is 11.2. The Bertz CT molecular complexity index is 968. The number of benzene rings is 2. The zero-order valence-electron chi connectivity index (χ0n) is 20.2. The number of aliphatic carboxylic acids is 1. The summed E-state index contributed by atoms with van der Waals surface area (Å²) in [5, 5.41) is 12.2. The highest BCUT2D eigenvalue weighted by Gasteiger charge is 2.13. The van der Waals surface area contributed by atoms with E-state index in [2.05, 4.69) is 19.2 Å². The number of amides is 2. The van der Waals surface area contributed by atoms with Crippen LogP contribution in [0.2, 0.25) is 0 Å². The largest absolute Gasteiger partial charge is 0.493 e. The van der Waals surface area contributed by atoms with Gasteiger partial charge in [-0.2, -0.15) is 0 Å². The molecule has 0 saturated carbocycles. The Morgan fingerprint density at radius 3 is 2.52 bits per heavy atom. The van der Waals surface area contributed by atoms with Crippen molar-refractivity contribution in [1.82, 2.24) is 5.32 Å². The zero-order chi connectivity index (χ0) is 24.2. The minimum atomic E-state index is -0.948. The number of urea groups is 1. The molecule has 2 rings (SSSR count). The molecule has 0 unspecified atom stereocenters. The average molecular weight is 453 g/mol. The first-order chi connectivity index (χ1) is 15.9. The third kappa shape index (κ3) is 7.97. The lowest BCUT2D eigenvalue weighted by atomic mass is 10.0. The van der Waals surface area contributed by atoms with Crippen LogP contribution >= 0.6 is 0 Å². The van der Waals surface area contributed by atoms with Crippen molar-refractivity contribution in [2.24, 2.45) is 0 Å². The van der Waals surface area contributed by atoms with Crippen LogP contribution in [0.3, 0.4) is 0 Å². The molecule has 0 fully saturated rings. The Hall–Kier alpha value is -3.28. The number of carbonyl (C=O) groups is 2. The molecule has 0 spiro atoms. The van der Waals surface area contributed by atoms with Gasteiger partial charge in [-0.05, 0) is 55.2 Å². The molecule has 0 atom stereocenters. The number of anilines is 1. The maximum Gasteiger partial charge on any atom is 0.331 e. The molecule has 0 heterocycles. The van der Waals surface area contributed by atoms with Gasteiger partial charge in [0, 0.05) is 30.4 Å². The Morgan fingerprint density at radius 2 is 1.82 bits per heavy atom. The lowest BCUT2D eigenvalue weighted by Crippen LogP contribution is -2.37. The summed E-state index contributed by atoms with van der Waals surface area (Å²) in [4.78, 5) is 25.4. The molecule has 6 heteroatoms. The fourth-order valence-electron chi connectivity index (χ4n) is 3.31. The average Bonchev–Trinajstić information content (AvgIpc) is 2.81. The molecule has 0 radical (unpaired) electrons. The summed E-state index contributed by atoms with van der Waals surface area (Å²) in [5.74, 6) is -0.254. The van der Waals surface area contributed by atoms with Crippen molar-refractivity contribution in [3.63, 3.8) is 0 Å². The highest BCUT2D eigenvalue weighted by Crippen LogP contribution is 2.34. The van der Waals surface area contributed by atoms with Gasteiger partial charge in [0.15, 0.2) is 0 Å². The number of nitrogens with zero attached hydrogens (tertiary/aromatic N) is 1. The molecule has 0 aliphatic heterocycles. The summed E-state index contributed by atoms with van der Waals surface area (Å²) in [6.07, 6.45) is 6.75. The van der Waals surface area contributed by atoms with Crippen molar-refractivity contribution in [3.8, 4) is 16.9 Å². The topological polar surface area (TPSA) is 78.9 Å². The van der Waals surface area contributed by atoms with Crippen LogP contribution in [0, 0.1) is 0 Å². The zero-order valence-corrected chi connectivity index (χ0v) is 20.2. The Kier molecular flexibility index (Phi) is 10.5. The molecule has 2 aromatic rings. The molecule has 0 aliphatic rings. The van der Waals surface area contributed by atoms with Crippen LogP contribution in [-0.2, 0) is 4.79 Å². The van der Waals surface area contributed by atoms with Crippen molar-refractivity contribution in [3.05, 3.63) is 53.6 Å². The van der Waals surface area contributed by atoms with E-state index in [-0.39, 0.29) is 11.6 Å². The van der Waals surface area contributed by atoms with Crippen molar-refractivity contribution in [1.29, 1.82) is 0 Å². The van der Waals surface area contributed by atoms with Gasteiger partial charge in [0.1, 0.15) is 5.75 Å². The van der Waals surface area contributed by atoms with Crippen molar-refractivity contribution in [2.45, 2.75) is 52.9 Å². The number of nitrogens with one attached hydrogen (secondary N) is 1. The van der Waals surface area contributed by atoms with Gasteiger partial charge in [-0.15, -0.1) is 0 Å². The van der Waals surface area contributed by atoms with Gasteiger partial charge in [0.05, 0.1) is 6.61 Å². The summed E-state index contributed by atoms with van der Waals surface area (Å²) in [7, 11) is 1.76. The van der Waals surface area contributed by atoms with Crippen LogP contribution in [0.4, 0.5) is 10.5 Å². The predicted molar refractivity (Wildman–Crippen MR) is 135 cm³/mol. The molecule has 0 aliphatic carbocycles. The van der Waals surface area contributed by atoms with Crippen LogP contribution in [-0.4, -0.2) is 37.3 Å². The van der Waals surface area contributed by atoms with Crippen molar-refractivity contribution in [2.75, 3.05) is 25.1 Å². The molecule has 178 valence electrons. The number of carbonyl (C=O) groups excluding carboxylic acids is 1. The SMILES string of the molecule is CCCCCNC(=O)N(C)c1cccc(-c2ccc(C=C(C)C(=O)O)cc2OCCCC)c1. The number of carboxylic acids is 1. The number of hydrogen-bond donors (Lipinski definition) is 2. The second-order valence-corrected chi connectivity index (χ2v) is 8.14. The number of hydrogen-bond acceptors (Lipinski definition) is 3. The van der Waals surface area contributed by atoms with Crippen LogP contribution in [0.15, 0.2) is 48.0 Å². The van der Waals surface area contributed by atoms with E-state index in [1.165, 1.54) is 0 Å². The Balaban J connectivity index is 2.31. The van der Waals surface area contributed by atoms with E-state index in [1.54, 1.807) is 24.9 Å². The minimum Gasteiger partial charge on any atom is -0.493 e. The highest BCUT2D eigenvalue weighted by molar-refractivity contribution is 5.93. The van der Waals surface area contributed by atoms with E-state index in [4.69, 9.17) is 4.74 Å². The molecule has 2 N–H and O–H groups in total. The van der Waals surface area contributed by atoms with Gasteiger partial charge < -0.3 is 15.2 Å². The quantitative estimate of drug-likeness (QED) is 0.290. The second kappa shape index (κ2) is 13.3. The molecule has 2 aromatic carbocycles. The summed E-state index contributed by atoms with van der Waals surface area (Å²) in [5.41, 5.74) is 3.64. The van der Waals surface area contributed by atoms with Gasteiger partial charge >= 0.3 is 12.0 Å². The maximum atomic E-state index is 12.5. The van der Waals surface area contributed by atoms with Crippen LogP contribution in [0.25, 0.3) is 17.2 Å². The van der Waals surface area contributed by atoms with Crippen molar-refractivity contribution < 1.29 is 19.4 Å². The van der Waals surface area contributed by atoms with Gasteiger partial charge in [-0.25, -0.2) is 9.59 Å². The van der Waals surface area contributed by atoms with Crippen LogP contribution < -0.4 is 15.0 Å². The number of ether oxygens (including phenoxy) is 1. The molecule has 0 bridgehead atoms. The standard InChI is InChI=1S/C27H36N2O4/c1-5-7-9-15-28-27(32)29(4)23-12-10-11-22(19-23)24-14-13-21(17-20(3)26(30)31)18-25(24)33-16-8-6-2/h10-14,17-19H,5-9,15-16H2,1-4H3,(H,28,32)(H,30,31). The second-order valence-electron chi connectivity index (χ2n) is 8.14. The summed E-state index contributed by atoms with van der Waals surface area (Å²) >= 11 is 0. The van der Waals surface area contributed by atoms with E-state index in [9.17, 15) is 14.7 Å². The fraction of sp³-hybridized carbons (Fsp3) is 0.407. The Labute approximate surface area is 197 Å². The van der Waals surface area contributed by atoms with Crippen LogP contribution in [0.1, 0.15) is 58.4 Å². The third-order valence-electron chi connectivity index (χ3n) is 5.39.